The summed E-state index contributed by atoms with van der Waals surface area (Å²) in [5.41, 5.74) is 0.544. The Morgan fingerprint density at radius 1 is 0.914 bits per heavy atom. The summed E-state index contributed by atoms with van der Waals surface area (Å²) in [5, 5.41) is 0.597. The molecule has 1 heterocycles. The Labute approximate surface area is 196 Å². The van der Waals surface area contributed by atoms with Crippen molar-refractivity contribution >= 4 is 32.7 Å². The van der Waals surface area contributed by atoms with E-state index in [0.29, 0.717) is 18.9 Å². The van der Waals surface area contributed by atoms with Gasteiger partial charge in [-0.3, -0.25) is 9.59 Å². The van der Waals surface area contributed by atoms with Gasteiger partial charge in [0.15, 0.2) is 22.3 Å². The molecule has 4 rings (SSSR count). The zero-order valence-corrected chi connectivity index (χ0v) is 19.1. The van der Waals surface area contributed by atoms with E-state index in [1.807, 2.05) is 6.92 Å². The molecule has 0 aromatic heterocycles. The number of aryl methyl sites for hydroxylation is 1. The number of hydroxylamine groups is 2. The lowest BCUT2D eigenvalue weighted by atomic mass is 9.92. The molecule has 0 N–H and O–H groups in total. The monoisotopic (exact) mass is 511 g/mol. The maximum atomic E-state index is 14.4. The van der Waals surface area contributed by atoms with Crippen LogP contribution in [-0.2, 0) is 20.8 Å². The highest BCUT2D eigenvalue weighted by molar-refractivity contribution is 7.86. The van der Waals surface area contributed by atoms with Gasteiger partial charge in [-0.05, 0) is 35.9 Å². The van der Waals surface area contributed by atoms with Crippen LogP contribution in [0.4, 0.5) is 17.6 Å². The predicted octanol–water partition coefficient (Wildman–Crippen LogP) is 4.66. The highest BCUT2D eigenvalue weighted by Crippen LogP contribution is 2.36. The fourth-order valence-corrected chi connectivity index (χ4v) is 4.89. The number of hydrogen-bond donors (Lipinski definition) is 0. The van der Waals surface area contributed by atoms with E-state index in [9.17, 15) is 35.6 Å². The molecule has 0 atom stereocenters. The first-order valence-corrected chi connectivity index (χ1v) is 11.7. The summed E-state index contributed by atoms with van der Waals surface area (Å²) in [4.78, 5) is 23.9. The van der Waals surface area contributed by atoms with Crippen LogP contribution in [0.3, 0.4) is 0 Å². The van der Waals surface area contributed by atoms with E-state index in [1.54, 1.807) is 12.1 Å². The number of carbonyl (C=O) groups excluding carboxylic acids is 2. The average Bonchev–Trinajstić information content (AvgIpc) is 2.82. The second-order valence-corrected chi connectivity index (χ2v) is 9.17. The van der Waals surface area contributed by atoms with Gasteiger partial charge in [0.1, 0.15) is 0 Å². The van der Waals surface area contributed by atoms with Crippen molar-refractivity contribution in [2.45, 2.75) is 31.1 Å². The fourth-order valence-electron chi connectivity index (χ4n) is 3.87. The maximum Gasteiger partial charge on any atom is 0.324 e. The van der Waals surface area contributed by atoms with Gasteiger partial charge < -0.3 is 4.74 Å². The molecule has 0 spiro atoms. The topological polar surface area (TPSA) is 90.0 Å². The quantitative estimate of drug-likeness (QED) is 0.260. The van der Waals surface area contributed by atoms with E-state index in [0.717, 1.165) is 18.4 Å². The normalized spacial score (nSPS) is 13.6. The van der Waals surface area contributed by atoms with Crippen LogP contribution in [0.25, 0.3) is 10.8 Å². The third-order valence-corrected chi connectivity index (χ3v) is 6.70. The van der Waals surface area contributed by atoms with Gasteiger partial charge in [-0.2, -0.15) is 17.2 Å². The van der Waals surface area contributed by atoms with Gasteiger partial charge >= 0.3 is 10.1 Å². The highest BCUT2D eigenvalue weighted by Gasteiger charge is 2.41. The van der Waals surface area contributed by atoms with Crippen LogP contribution >= 0.6 is 0 Å². The Morgan fingerprint density at radius 2 is 1.54 bits per heavy atom. The minimum absolute atomic E-state index is 0.0768. The van der Waals surface area contributed by atoms with Crippen LogP contribution < -0.4 is 4.74 Å². The van der Waals surface area contributed by atoms with Crippen LogP contribution in [0.5, 0.6) is 5.75 Å². The molecule has 1 aliphatic rings. The summed E-state index contributed by atoms with van der Waals surface area (Å²) in [6.07, 6.45) is 2.24. The van der Waals surface area contributed by atoms with Crippen molar-refractivity contribution < 1.29 is 44.6 Å². The molecule has 0 saturated heterocycles. The van der Waals surface area contributed by atoms with Crippen molar-refractivity contribution in [2.24, 2.45) is 0 Å². The Morgan fingerprint density at radius 3 is 2.14 bits per heavy atom. The number of rotatable bonds is 7. The molecule has 0 radical (unpaired) electrons. The Kier molecular flexibility index (Phi) is 6.28. The molecular weight excluding hydrogens is 494 g/mol. The van der Waals surface area contributed by atoms with Gasteiger partial charge in [0.05, 0.1) is 18.2 Å². The van der Waals surface area contributed by atoms with Crippen molar-refractivity contribution in [3.63, 3.8) is 0 Å². The molecule has 184 valence electrons. The average molecular weight is 511 g/mol. The number of ether oxygens (including phenoxy) is 1. The SMILES string of the molecule is CCCCc1cc2c3c(cccc3c1)C(=O)N(OS(=O)(=O)c1c(F)c(F)c(OC)c(F)c1F)C2=O. The Bertz CT molecular complexity index is 1480. The van der Waals surface area contributed by atoms with Crippen LogP contribution in [-0.4, -0.2) is 32.4 Å². The van der Waals surface area contributed by atoms with Gasteiger partial charge in [-0.15, -0.1) is 9.35 Å². The van der Waals surface area contributed by atoms with Crippen LogP contribution in [0, 0.1) is 23.3 Å². The van der Waals surface area contributed by atoms with Gasteiger partial charge in [0.25, 0.3) is 11.8 Å². The van der Waals surface area contributed by atoms with E-state index >= 15 is 0 Å². The minimum Gasteiger partial charge on any atom is -0.491 e. The van der Waals surface area contributed by atoms with E-state index < -0.39 is 55.8 Å². The van der Waals surface area contributed by atoms with Gasteiger partial charge in [0, 0.05) is 5.39 Å². The molecule has 0 aliphatic carbocycles. The third kappa shape index (κ3) is 3.92. The lowest BCUT2D eigenvalue weighted by Gasteiger charge is -2.26. The van der Waals surface area contributed by atoms with Crippen LogP contribution in [0.15, 0.2) is 35.2 Å². The van der Waals surface area contributed by atoms with Crippen molar-refractivity contribution in [1.82, 2.24) is 5.06 Å². The number of imide groups is 1. The van der Waals surface area contributed by atoms with Crippen molar-refractivity contribution in [3.05, 3.63) is 70.3 Å². The zero-order valence-electron chi connectivity index (χ0n) is 18.3. The third-order valence-electron chi connectivity index (χ3n) is 5.49. The van der Waals surface area contributed by atoms with Crippen molar-refractivity contribution in [3.8, 4) is 5.75 Å². The first kappa shape index (κ1) is 24.6. The number of benzene rings is 3. The number of nitrogens with zero attached hydrogens (tertiary/aromatic N) is 1. The number of unbranched alkanes of at least 4 members (excludes halogenated alkanes) is 1. The molecule has 3 aromatic carbocycles. The lowest BCUT2D eigenvalue weighted by Crippen LogP contribution is -2.42. The summed E-state index contributed by atoms with van der Waals surface area (Å²) in [5.74, 6) is -12.9. The zero-order chi connectivity index (χ0) is 25.7. The number of carbonyl (C=O) groups is 2. The second kappa shape index (κ2) is 8.93. The highest BCUT2D eigenvalue weighted by atomic mass is 32.2. The summed E-state index contributed by atoms with van der Waals surface area (Å²) in [6.45, 7) is 1.97. The molecule has 2 amide bonds. The van der Waals surface area contributed by atoms with Gasteiger partial charge in [-0.1, -0.05) is 31.5 Å². The van der Waals surface area contributed by atoms with E-state index in [-0.39, 0.29) is 21.6 Å². The molecule has 1 aliphatic heterocycles. The Hall–Kier alpha value is -3.51. The molecule has 35 heavy (non-hydrogen) atoms. The number of hydrogen-bond acceptors (Lipinski definition) is 6. The standard InChI is InChI=1S/C23H17F4NO6S/c1-3-4-6-11-9-12-7-5-8-13-15(12)14(10-11)23(30)28(22(13)29)34-35(31,32)21-18(26)16(24)20(33-2)17(25)19(21)27/h5,7-10H,3-4,6H2,1-2H3. The second-order valence-electron chi connectivity index (χ2n) is 7.70. The molecular formula is C23H17F4NO6S. The molecule has 0 saturated carbocycles. The first-order chi connectivity index (χ1) is 16.5. The maximum absolute atomic E-state index is 14.4. The van der Waals surface area contributed by atoms with Crippen LogP contribution in [0.2, 0.25) is 0 Å². The summed E-state index contributed by atoms with van der Waals surface area (Å²) in [6, 6.07) is 7.73. The number of halogens is 4. The summed E-state index contributed by atoms with van der Waals surface area (Å²) >= 11 is 0. The molecule has 0 bridgehead atoms. The van der Waals surface area contributed by atoms with Crippen LogP contribution in [0.1, 0.15) is 46.0 Å². The Balaban J connectivity index is 1.82. The predicted molar refractivity (Wildman–Crippen MR) is 114 cm³/mol. The van der Waals surface area contributed by atoms with E-state index in [4.69, 9.17) is 0 Å². The van der Waals surface area contributed by atoms with Gasteiger partial charge in [-0.25, -0.2) is 8.78 Å². The van der Waals surface area contributed by atoms with Gasteiger partial charge in [0.2, 0.25) is 11.6 Å². The molecule has 3 aromatic rings. The molecule has 12 heteroatoms. The van der Waals surface area contributed by atoms with E-state index in [2.05, 4.69) is 9.02 Å². The van der Waals surface area contributed by atoms with Crippen molar-refractivity contribution in [1.29, 1.82) is 0 Å². The molecule has 7 nitrogen and oxygen atoms in total. The largest absolute Gasteiger partial charge is 0.491 e. The minimum atomic E-state index is -5.75. The van der Waals surface area contributed by atoms with Crippen molar-refractivity contribution in [2.75, 3.05) is 7.11 Å². The number of methoxy groups -OCH3 is 1. The smallest absolute Gasteiger partial charge is 0.324 e. The summed E-state index contributed by atoms with van der Waals surface area (Å²) < 4.78 is 91.1. The first-order valence-electron chi connectivity index (χ1n) is 10.3. The van der Waals surface area contributed by atoms with E-state index in [1.165, 1.54) is 18.2 Å². The molecule has 0 unspecified atom stereocenters. The molecule has 0 fully saturated rings. The fraction of sp³-hybridized carbons (Fsp3) is 0.217. The number of amides is 2. The summed E-state index contributed by atoms with van der Waals surface area (Å²) in [7, 11) is -5.04. The lowest BCUT2D eigenvalue weighted by molar-refractivity contribution is -0.0159.